The first-order valence-corrected chi connectivity index (χ1v) is 14.4. The minimum absolute atomic E-state index is 1.16. The Morgan fingerprint density at radius 3 is 1.88 bits per heavy atom. The van der Waals surface area contributed by atoms with Gasteiger partial charge >= 0.3 is 0 Å². The first kappa shape index (κ1) is 15.5. The Morgan fingerprint density at radius 2 is 1.47 bits per heavy atom. The average molecular weight is 395 g/mol. The molecule has 1 rings (SSSR count). The van der Waals surface area contributed by atoms with Crippen LogP contribution in [0.3, 0.4) is 0 Å². The molecule has 0 heterocycles. The monoisotopic (exact) mass is 393 g/mol. The van der Waals surface area contributed by atoms with E-state index in [1.807, 2.05) is 0 Å². The van der Waals surface area contributed by atoms with Crippen LogP contribution >= 0.6 is 31.9 Å². The van der Waals surface area contributed by atoms with E-state index in [9.17, 15) is 0 Å². The quantitative estimate of drug-likeness (QED) is 0.710. The maximum absolute atomic E-state index is 3.76. The Balaban J connectivity index is 3.36. The lowest BCUT2D eigenvalue weighted by molar-refractivity contribution is 1.53. The summed E-state index contributed by atoms with van der Waals surface area (Å²) in [6.07, 6.45) is 0. The van der Waals surface area contributed by atoms with Crippen molar-refractivity contribution in [3.05, 3.63) is 21.1 Å². The number of hydrogen-bond acceptors (Lipinski definition) is 1. The van der Waals surface area contributed by atoms with Gasteiger partial charge in [0.25, 0.3) is 0 Å². The van der Waals surface area contributed by atoms with E-state index in [2.05, 4.69) is 88.3 Å². The van der Waals surface area contributed by atoms with Gasteiger partial charge in [-0.05, 0) is 33.2 Å². The zero-order valence-corrected chi connectivity index (χ0v) is 16.6. The Morgan fingerprint density at radius 1 is 0.941 bits per heavy atom. The molecular formula is C12H21Br2NSi2. The topological polar surface area (TPSA) is 12.0 Å². The van der Waals surface area contributed by atoms with E-state index in [4.69, 9.17) is 0 Å². The van der Waals surface area contributed by atoms with Crippen LogP contribution in [0.15, 0.2) is 21.1 Å². The molecule has 1 nitrogen and oxygen atoms in total. The van der Waals surface area contributed by atoms with Crippen LogP contribution in [0.5, 0.6) is 0 Å². The van der Waals surface area contributed by atoms with Crippen LogP contribution in [-0.4, -0.2) is 16.3 Å². The summed E-state index contributed by atoms with van der Waals surface area (Å²) in [5.74, 6) is 0. The Bertz CT molecular complexity index is 420. The first-order chi connectivity index (χ1) is 7.50. The summed E-state index contributed by atoms with van der Waals surface area (Å²) >= 11 is 7.29. The van der Waals surface area contributed by atoms with Gasteiger partial charge in [-0.15, -0.1) is 0 Å². The zero-order valence-electron chi connectivity index (χ0n) is 11.4. The van der Waals surface area contributed by atoms with Gasteiger partial charge < -0.3 is 4.98 Å². The van der Waals surface area contributed by atoms with Crippen LogP contribution in [0.1, 0.15) is 0 Å². The van der Waals surface area contributed by atoms with E-state index in [0.717, 1.165) is 4.47 Å². The van der Waals surface area contributed by atoms with Crippen LogP contribution in [-0.2, 0) is 0 Å². The lowest BCUT2D eigenvalue weighted by Crippen LogP contribution is -2.43. The summed E-state index contributed by atoms with van der Waals surface area (Å²) in [6, 6.07) is 4.41. The molecule has 0 aromatic heterocycles. The predicted octanol–water partition coefficient (Wildman–Crippen LogP) is 5.00. The highest BCUT2D eigenvalue weighted by Crippen LogP contribution is 2.28. The molecule has 0 bridgehead atoms. The molecule has 1 aromatic carbocycles. The maximum Gasteiger partial charge on any atom is 0.144 e. The standard InChI is InChI=1S/C12H21Br2NSi2/c1-16(2,3)11-8-9(13)7-10(14)12(11)15-17(4,5)6/h7-8,15H,1-6H3. The largest absolute Gasteiger partial charge is 0.410 e. The maximum atomic E-state index is 3.76. The van der Waals surface area contributed by atoms with E-state index in [1.54, 1.807) is 0 Å². The zero-order chi connectivity index (χ0) is 13.4. The van der Waals surface area contributed by atoms with Crippen molar-refractivity contribution in [3.8, 4) is 0 Å². The number of anilines is 1. The molecule has 5 heteroatoms. The lowest BCUT2D eigenvalue weighted by atomic mass is 10.3. The van der Waals surface area contributed by atoms with Gasteiger partial charge in [0.15, 0.2) is 0 Å². The van der Waals surface area contributed by atoms with Crippen LogP contribution < -0.4 is 10.2 Å². The van der Waals surface area contributed by atoms with Crippen molar-refractivity contribution in [2.45, 2.75) is 39.3 Å². The second-order valence-electron chi connectivity index (χ2n) is 6.44. The van der Waals surface area contributed by atoms with Gasteiger partial charge in [-0.2, -0.15) is 0 Å². The Hall–Kier alpha value is 0.414. The summed E-state index contributed by atoms with van der Waals surface area (Å²) in [4.78, 5) is 3.76. The fraction of sp³-hybridized carbons (Fsp3) is 0.500. The molecule has 0 saturated carbocycles. The average Bonchev–Trinajstić information content (AvgIpc) is 2.05. The van der Waals surface area contributed by atoms with Crippen molar-refractivity contribution in [1.82, 2.24) is 0 Å². The third-order valence-electron chi connectivity index (χ3n) is 2.36. The summed E-state index contributed by atoms with van der Waals surface area (Å²) in [6.45, 7) is 14.1. The Kier molecular flexibility index (Phi) is 4.72. The van der Waals surface area contributed by atoms with E-state index < -0.39 is 16.3 Å². The molecule has 0 aliphatic heterocycles. The molecule has 17 heavy (non-hydrogen) atoms. The van der Waals surface area contributed by atoms with Gasteiger partial charge in [-0.3, -0.25) is 0 Å². The highest BCUT2D eigenvalue weighted by Gasteiger charge is 2.25. The van der Waals surface area contributed by atoms with Crippen LogP contribution in [0.2, 0.25) is 39.3 Å². The smallest absolute Gasteiger partial charge is 0.144 e. The summed E-state index contributed by atoms with van der Waals surface area (Å²) in [7, 11) is -2.67. The molecule has 0 saturated heterocycles. The molecule has 1 N–H and O–H groups in total. The van der Waals surface area contributed by atoms with E-state index in [1.165, 1.54) is 15.3 Å². The fourth-order valence-corrected chi connectivity index (χ4v) is 6.25. The molecule has 0 amide bonds. The molecule has 0 unspecified atom stereocenters. The number of halogens is 2. The van der Waals surface area contributed by atoms with Crippen molar-refractivity contribution in [3.63, 3.8) is 0 Å². The molecule has 0 spiro atoms. The van der Waals surface area contributed by atoms with Gasteiger partial charge in [-0.25, -0.2) is 0 Å². The molecule has 0 atom stereocenters. The SMILES string of the molecule is C[Si](C)(C)Nc1c(Br)cc(Br)cc1[Si](C)(C)C. The lowest BCUT2D eigenvalue weighted by Gasteiger charge is -2.28. The van der Waals surface area contributed by atoms with Gasteiger partial charge in [0.05, 0.1) is 8.07 Å². The number of rotatable bonds is 3. The van der Waals surface area contributed by atoms with Crippen LogP contribution in [0, 0.1) is 0 Å². The van der Waals surface area contributed by atoms with Crippen molar-refractivity contribution in [2.75, 3.05) is 4.98 Å². The van der Waals surface area contributed by atoms with E-state index in [0.29, 0.717) is 0 Å². The highest BCUT2D eigenvalue weighted by molar-refractivity contribution is 9.11. The number of benzene rings is 1. The summed E-state index contributed by atoms with van der Waals surface area (Å²) in [5.41, 5.74) is 1.31. The third kappa shape index (κ3) is 4.54. The molecule has 0 radical (unpaired) electrons. The molecule has 96 valence electrons. The third-order valence-corrected chi connectivity index (χ3v) is 6.46. The van der Waals surface area contributed by atoms with Crippen molar-refractivity contribution < 1.29 is 0 Å². The van der Waals surface area contributed by atoms with Gasteiger partial charge in [0.2, 0.25) is 0 Å². The molecule has 0 aliphatic carbocycles. The predicted molar refractivity (Wildman–Crippen MR) is 91.8 cm³/mol. The minimum atomic E-state index is -1.34. The first-order valence-electron chi connectivity index (χ1n) is 5.78. The Labute approximate surface area is 124 Å². The van der Waals surface area contributed by atoms with Crippen LogP contribution in [0.25, 0.3) is 0 Å². The van der Waals surface area contributed by atoms with Crippen molar-refractivity contribution >= 4 is 59.0 Å². The normalized spacial score (nSPS) is 12.7. The number of nitrogens with one attached hydrogen (secondary N) is 1. The molecule has 0 aliphatic rings. The van der Waals surface area contributed by atoms with Crippen molar-refractivity contribution in [2.24, 2.45) is 0 Å². The minimum Gasteiger partial charge on any atom is -0.410 e. The van der Waals surface area contributed by atoms with Crippen LogP contribution in [0.4, 0.5) is 5.69 Å². The van der Waals surface area contributed by atoms with Gasteiger partial charge in [0, 0.05) is 14.6 Å². The van der Waals surface area contributed by atoms with Crippen molar-refractivity contribution in [1.29, 1.82) is 0 Å². The second-order valence-corrected chi connectivity index (χ2v) is 18.0. The summed E-state index contributed by atoms with van der Waals surface area (Å²) in [5, 5.41) is 1.49. The fourth-order valence-electron chi connectivity index (χ4n) is 1.67. The highest BCUT2D eigenvalue weighted by atomic mass is 79.9. The van der Waals surface area contributed by atoms with Gasteiger partial charge in [-0.1, -0.05) is 55.2 Å². The summed E-state index contributed by atoms with van der Waals surface area (Å²) < 4.78 is 2.33. The van der Waals surface area contributed by atoms with E-state index in [-0.39, 0.29) is 0 Å². The van der Waals surface area contributed by atoms with Gasteiger partial charge in [0.1, 0.15) is 8.24 Å². The molecule has 1 aromatic rings. The molecule has 0 fully saturated rings. The molecular weight excluding hydrogens is 374 g/mol. The van der Waals surface area contributed by atoms with E-state index >= 15 is 0 Å². The second kappa shape index (κ2) is 5.19. The number of hydrogen-bond donors (Lipinski definition) is 1.